The fraction of sp³-hybridized carbons (Fsp3) is 0.692. The Kier molecular flexibility index (Phi) is 4.90. The number of ether oxygens (including phenoxy) is 1. The minimum absolute atomic E-state index is 0.126. The van der Waals surface area contributed by atoms with Crippen LogP contribution in [0.5, 0.6) is 0 Å². The first kappa shape index (κ1) is 14.7. The van der Waals surface area contributed by atoms with Crippen molar-refractivity contribution in [1.82, 2.24) is 4.90 Å². The van der Waals surface area contributed by atoms with Crippen molar-refractivity contribution in [2.45, 2.75) is 39.8 Å². The van der Waals surface area contributed by atoms with Crippen LogP contribution in [-0.4, -0.2) is 40.8 Å². The molecule has 3 atom stereocenters. The van der Waals surface area contributed by atoms with Gasteiger partial charge in [-0.25, -0.2) is 9.69 Å². The van der Waals surface area contributed by atoms with Crippen LogP contribution in [0.2, 0.25) is 0 Å². The van der Waals surface area contributed by atoms with Gasteiger partial charge < -0.3 is 9.84 Å². The lowest BCUT2D eigenvalue weighted by atomic mass is 9.98. The summed E-state index contributed by atoms with van der Waals surface area (Å²) in [4.78, 5) is 25.1. The SMILES string of the molecule is C/C=C\[C@H](C(=O)N1C(=O)OC[C@@H]1C(C)C)[C@@H](C)O. The molecular weight excluding hydrogens is 234 g/mol. The number of hydrogen-bond acceptors (Lipinski definition) is 4. The van der Waals surface area contributed by atoms with Gasteiger partial charge in [-0.3, -0.25) is 4.79 Å². The lowest BCUT2D eigenvalue weighted by Crippen LogP contribution is -2.46. The maximum atomic E-state index is 12.3. The van der Waals surface area contributed by atoms with Crippen LogP contribution in [0.4, 0.5) is 4.79 Å². The Morgan fingerprint density at radius 2 is 2.11 bits per heavy atom. The van der Waals surface area contributed by atoms with Crippen molar-refractivity contribution in [2.75, 3.05) is 6.61 Å². The molecule has 1 heterocycles. The Labute approximate surface area is 107 Å². The summed E-state index contributed by atoms with van der Waals surface area (Å²) in [5, 5.41) is 9.63. The van der Waals surface area contributed by atoms with Gasteiger partial charge in [0.15, 0.2) is 0 Å². The summed E-state index contributed by atoms with van der Waals surface area (Å²) >= 11 is 0. The molecule has 0 saturated carbocycles. The number of cyclic esters (lactones) is 1. The molecular formula is C13H21NO4. The van der Waals surface area contributed by atoms with Crippen LogP contribution in [0.1, 0.15) is 27.7 Å². The Morgan fingerprint density at radius 3 is 2.56 bits per heavy atom. The molecule has 0 aromatic rings. The van der Waals surface area contributed by atoms with Gasteiger partial charge in [0, 0.05) is 0 Å². The zero-order valence-electron chi connectivity index (χ0n) is 11.3. The molecule has 102 valence electrons. The highest BCUT2D eigenvalue weighted by Crippen LogP contribution is 2.23. The number of amides is 2. The van der Waals surface area contributed by atoms with E-state index in [2.05, 4.69) is 0 Å². The molecule has 0 aromatic heterocycles. The second kappa shape index (κ2) is 6.00. The quantitative estimate of drug-likeness (QED) is 0.774. The third-order valence-electron chi connectivity index (χ3n) is 3.12. The van der Waals surface area contributed by atoms with Gasteiger partial charge in [0.2, 0.25) is 5.91 Å². The van der Waals surface area contributed by atoms with Crippen LogP contribution in [-0.2, 0) is 9.53 Å². The number of rotatable bonds is 4. The Balaban J connectivity index is 2.95. The van der Waals surface area contributed by atoms with Gasteiger partial charge in [0.25, 0.3) is 0 Å². The number of allylic oxidation sites excluding steroid dienone is 1. The van der Waals surface area contributed by atoms with E-state index in [1.54, 1.807) is 19.1 Å². The van der Waals surface area contributed by atoms with Crippen molar-refractivity contribution in [3.05, 3.63) is 12.2 Å². The largest absolute Gasteiger partial charge is 0.447 e. The van der Waals surface area contributed by atoms with Gasteiger partial charge in [-0.05, 0) is 19.8 Å². The molecule has 1 rings (SSSR count). The lowest BCUT2D eigenvalue weighted by molar-refractivity contribution is -0.135. The number of imide groups is 1. The highest BCUT2D eigenvalue weighted by Gasteiger charge is 2.42. The molecule has 1 aliphatic rings. The minimum atomic E-state index is -0.838. The number of aliphatic hydroxyl groups is 1. The van der Waals surface area contributed by atoms with Gasteiger partial charge >= 0.3 is 6.09 Å². The summed E-state index contributed by atoms with van der Waals surface area (Å²) in [5.41, 5.74) is 0. The van der Waals surface area contributed by atoms with Crippen molar-refractivity contribution in [1.29, 1.82) is 0 Å². The zero-order chi connectivity index (χ0) is 13.9. The highest BCUT2D eigenvalue weighted by atomic mass is 16.6. The molecule has 1 fully saturated rings. The first-order chi connectivity index (χ1) is 8.40. The third-order valence-corrected chi connectivity index (χ3v) is 3.12. The molecule has 1 aliphatic heterocycles. The van der Waals surface area contributed by atoms with E-state index in [1.807, 2.05) is 13.8 Å². The molecule has 0 radical (unpaired) electrons. The molecule has 5 heteroatoms. The predicted octanol–water partition coefficient (Wildman–Crippen LogP) is 1.56. The number of carbonyl (C=O) groups excluding carboxylic acids is 2. The smallest absolute Gasteiger partial charge is 0.417 e. The minimum Gasteiger partial charge on any atom is -0.447 e. The number of aliphatic hydroxyl groups excluding tert-OH is 1. The topological polar surface area (TPSA) is 66.8 Å². The number of hydrogen-bond donors (Lipinski definition) is 1. The average molecular weight is 255 g/mol. The number of nitrogens with zero attached hydrogens (tertiary/aromatic N) is 1. The van der Waals surface area contributed by atoms with Crippen molar-refractivity contribution in [3.8, 4) is 0 Å². The zero-order valence-corrected chi connectivity index (χ0v) is 11.3. The van der Waals surface area contributed by atoms with E-state index in [1.165, 1.54) is 6.92 Å². The van der Waals surface area contributed by atoms with Gasteiger partial charge in [0.05, 0.1) is 18.1 Å². The fourth-order valence-corrected chi connectivity index (χ4v) is 2.00. The standard InChI is InChI=1S/C13H21NO4/c1-5-6-10(9(4)15)12(16)14-11(8(2)3)7-18-13(14)17/h5-6,8-11,15H,7H2,1-4H3/b6-5-/t9-,10+,11-/m1/s1. The predicted molar refractivity (Wildman–Crippen MR) is 66.8 cm³/mol. The fourth-order valence-electron chi connectivity index (χ4n) is 2.00. The van der Waals surface area contributed by atoms with Crippen LogP contribution in [0.15, 0.2) is 12.2 Å². The van der Waals surface area contributed by atoms with Gasteiger partial charge in [-0.2, -0.15) is 0 Å². The summed E-state index contributed by atoms with van der Waals surface area (Å²) in [7, 11) is 0. The molecule has 18 heavy (non-hydrogen) atoms. The second-order valence-electron chi connectivity index (χ2n) is 4.89. The molecule has 0 bridgehead atoms. The van der Waals surface area contributed by atoms with Crippen LogP contribution in [0.25, 0.3) is 0 Å². The van der Waals surface area contributed by atoms with E-state index >= 15 is 0 Å². The normalized spacial score (nSPS) is 23.6. The van der Waals surface area contributed by atoms with E-state index < -0.39 is 24.0 Å². The van der Waals surface area contributed by atoms with Crippen molar-refractivity contribution in [3.63, 3.8) is 0 Å². The Bertz CT molecular complexity index is 349. The van der Waals surface area contributed by atoms with E-state index in [0.29, 0.717) is 0 Å². The molecule has 2 amide bonds. The van der Waals surface area contributed by atoms with E-state index in [0.717, 1.165) is 4.90 Å². The van der Waals surface area contributed by atoms with Crippen LogP contribution in [0, 0.1) is 11.8 Å². The molecule has 0 aliphatic carbocycles. The van der Waals surface area contributed by atoms with Gasteiger partial charge in [0.1, 0.15) is 6.61 Å². The van der Waals surface area contributed by atoms with E-state index in [-0.39, 0.29) is 18.6 Å². The third kappa shape index (κ3) is 2.90. The van der Waals surface area contributed by atoms with E-state index in [4.69, 9.17) is 4.74 Å². The van der Waals surface area contributed by atoms with Gasteiger partial charge in [-0.15, -0.1) is 0 Å². The van der Waals surface area contributed by atoms with Crippen molar-refractivity contribution in [2.24, 2.45) is 11.8 Å². The lowest BCUT2D eigenvalue weighted by Gasteiger charge is -2.26. The second-order valence-corrected chi connectivity index (χ2v) is 4.89. The van der Waals surface area contributed by atoms with Crippen LogP contribution in [0.3, 0.4) is 0 Å². The molecule has 0 unspecified atom stereocenters. The maximum Gasteiger partial charge on any atom is 0.417 e. The van der Waals surface area contributed by atoms with Crippen LogP contribution >= 0.6 is 0 Å². The molecule has 0 spiro atoms. The summed E-state index contributed by atoms with van der Waals surface area (Å²) < 4.78 is 4.93. The summed E-state index contributed by atoms with van der Waals surface area (Å²) in [6, 6.07) is -0.253. The molecule has 1 saturated heterocycles. The monoisotopic (exact) mass is 255 g/mol. The van der Waals surface area contributed by atoms with Crippen molar-refractivity contribution < 1.29 is 19.4 Å². The average Bonchev–Trinajstić information content (AvgIpc) is 2.66. The molecule has 0 aromatic carbocycles. The first-order valence-electron chi connectivity index (χ1n) is 6.20. The van der Waals surface area contributed by atoms with Crippen LogP contribution < -0.4 is 0 Å². The first-order valence-corrected chi connectivity index (χ1v) is 6.20. The van der Waals surface area contributed by atoms with E-state index in [9.17, 15) is 14.7 Å². The van der Waals surface area contributed by atoms with Crippen molar-refractivity contribution >= 4 is 12.0 Å². The Hall–Kier alpha value is -1.36. The Morgan fingerprint density at radius 1 is 1.50 bits per heavy atom. The number of carbonyl (C=O) groups is 2. The summed E-state index contributed by atoms with van der Waals surface area (Å²) in [5.74, 6) is -0.980. The van der Waals surface area contributed by atoms with Gasteiger partial charge in [-0.1, -0.05) is 26.0 Å². The molecule has 5 nitrogen and oxygen atoms in total. The summed E-state index contributed by atoms with van der Waals surface area (Å²) in [6.07, 6.45) is 1.85. The molecule has 1 N–H and O–H groups in total. The summed E-state index contributed by atoms with van der Waals surface area (Å²) in [6.45, 7) is 7.39. The highest BCUT2D eigenvalue weighted by molar-refractivity contribution is 5.95. The maximum absolute atomic E-state index is 12.3.